The molecule has 0 aliphatic heterocycles. The van der Waals surface area contributed by atoms with E-state index < -0.39 is 0 Å². The van der Waals surface area contributed by atoms with E-state index in [0.29, 0.717) is 16.6 Å². The van der Waals surface area contributed by atoms with Gasteiger partial charge in [0.15, 0.2) is 0 Å². The van der Waals surface area contributed by atoms with Gasteiger partial charge in [0.05, 0.1) is 22.9 Å². The van der Waals surface area contributed by atoms with Gasteiger partial charge in [0, 0.05) is 11.8 Å². The molecule has 0 radical (unpaired) electrons. The number of nitrogens with one attached hydrogen (secondary N) is 1. The fourth-order valence-corrected chi connectivity index (χ4v) is 1.76. The fourth-order valence-electron chi connectivity index (χ4n) is 1.76. The first kappa shape index (κ1) is 10.4. The molecule has 0 aliphatic rings. The molecule has 3 aromatic rings. The van der Waals surface area contributed by atoms with E-state index >= 15 is 0 Å². The van der Waals surface area contributed by atoms with E-state index in [9.17, 15) is 4.79 Å². The number of fused-ring (bicyclic) bond motifs is 1. The molecule has 0 bridgehead atoms. The van der Waals surface area contributed by atoms with Gasteiger partial charge >= 0.3 is 0 Å². The van der Waals surface area contributed by atoms with Gasteiger partial charge in [0.2, 0.25) is 5.95 Å². The number of nitrogens with zero attached hydrogens (tertiary/aromatic N) is 3. The van der Waals surface area contributed by atoms with E-state index in [0.717, 1.165) is 5.56 Å². The van der Waals surface area contributed by atoms with E-state index in [1.807, 2.05) is 6.07 Å². The number of nitrogen functional groups attached to an aromatic ring is 1. The largest absolute Gasteiger partial charge is 0.368 e. The van der Waals surface area contributed by atoms with Gasteiger partial charge in [-0.2, -0.15) is 0 Å². The highest BCUT2D eigenvalue weighted by Gasteiger charge is 2.04. The summed E-state index contributed by atoms with van der Waals surface area (Å²) in [5.74, 6) is 0.202. The molecule has 88 valence electrons. The van der Waals surface area contributed by atoms with Crippen molar-refractivity contribution in [2.24, 2.45) is 0 Å². The minimum Gasteiger partial charge on any atom is -0.368 e. The molecule has 1 aromatic carbocycles. The summed E-state index contributed by atoms with van der Waals surface area (Å²) < 4.78 is 0. The van der Waals surface area contributed by atoms with Crippen molar-refractivity contribution in [2.75, 3.05) is 5.73 Å². The summed E-state index contributed by atoms with van der Waals surface area (Å²) in [5, 5.41) is 0.521. The van der Waals surface area contributed by atoms with Crippen molar-refractivity contribution >= 4 is 16.9 Å². The molecule has 0 amide bonds. The molecule has 0 saturated heterocycles. The third kappa shape index (κ3) is 1.69. The van der Waals surface area contributed by atoms with Gasteiger partial charge in [-0.05, 0) is 18.2 Å². The van der Waals surface area contributed by atoms with E-state index in [4.69, 9.17) is 5.73 Å². The van der Waals surface area contributed by atoms with Gasteiger partial charge in [0.1, 0.15) is 0 Å². The second kappa shape index (κ2) is 3.92. The number of hydrogen-bond donors (Lipinski definition) is 2. The maximum atomic E-state index is 11.7. The smallest absolute Gasteiger partial charge is 0.258 e. The van der Waals surface area contributed by atoms with E-state index in [1.54, 1.807) is 24.4 Å². The van der Waals surface area contributed by atoms with Crippen molar-refractivity contribution < 1.29 is 0 Å². The minimum atomic E-state index is -0.177. The maximum absolute atomic E-state index is 11.7. The summed E-state index contributed by atoms with van der Waals surface area (Å²) in [5.41, 5.74) is 7.48. The molecule has 0 saturated carbocycles. The van der Waals surface area contributed by atoms with Crippen molar-refractivity contribution in [1.29, 1.82) is 0 Å². The van der Waals surface area contributed by atoms with Crippen molar-refractivity contribution in [3.8, 4) is 11.3 Å². The number of anilines is 1. The molecule has 6 heteroatoms. The summed E-state index contributed by atoms with van der Waals surface area (Å²) >= 11 is 0. The fraction of sp³-hybridized carbons (Fsp3) is 0. The van der Waals surface area contributed by atoms with Crippen LogP contribution in [0.15, 0.2) is 41.6 Å². The lowest BCUT2D eigenvalue weighted by Crippen LogP contribution is -2.06. The summed E-state index contributed by atoms with van der Waals surface area (Å²) in [6, 6.07) is 7.10. The Morgan fingerprint density at radius 3 is 2.89 bits per heavy atom. The van der Waals surface area contributed by atoms with Crippen LogP contribution in [0.3, 0.4) is 0 Å². The zero-order valence-corrected chi connectivity index (χ0v) is 9.29. The van der Waals surface area contributed by atoms with E-state index in [1.165, 1.54) is 6.33 Å². The van der Waals surface area contributed by atoms with Crippen LogP contribution in [0.2, 0.25) is 0 Å². The Morgan fingerprint density at radius 2 is 2.06 bits per heavy atom. The van der Waals surface area contributed by atoms with Crippen molar-refractivity contribution in [3.63, 3.8) is 0 Å². The highest BCUT2D eigenvalue weighted by Crippen LogP contribution is 2.19. The highest BCUT2D eigenvalue weighted by atomic mass is 16.1. The molecule has 2 heterocycles. The minimum absolute atomic E-state index is 0.177. The Labute approximate surface area is 102 Å². The standard InChI is InChI=1S/C12H9N5O/c13-12-14-4-3-9(17-12)7-1-2-10-8(5-7)11(18)16-6-15-10/h1-6H,(H2,13,14,17)(H,15,16,18). The molecule has 6 nitrogen and oxygen atoms in total. The van der Waals surface area contributed by atoms with E-state index in [2.05, 4.69) is 19.9 Å². The average Bonchev–Trinajstić information content (AvgIpc) is 2.39. The molecule has 0 fully saturated rings. The van der Waals surface area contributed by atoms with Gasteiger partial charge in [-0.15, -0.1) is 0 Å². The van der Waals surface area contributed by atoms with Gasteiger partial charge in [-0.25, -0.2) is 15.0 Å². The van der Waals surface area contributed by atoms with Crippen LogP contribution in [-0.2, 0) is 0 Å². The molecule has 0 aliphatic carbocycles. The van der Waals surface area contributed by atoms with Crippen LogP contribution in [0.4, 0.5) is 5.95 Å². The Hall–Kier alpha value is -2.76. The Bertz CT molecular complexity index is 781. The lowest BCUT2D eigenvalue weighted by molar-refractivity contribution is 1.17. The van der Waals surface area contributed by atoms with Crippen LogP contribution in [0.25, 0.3) is 22.2 Å². The third-order valence-electron chi connectivity index (χ3n) is 2.61. The van der Waals surface area contributed by atoms with Crippen LogP contribution in [0.5, 0.6) is 0 Å². The lowest BCUT2D eigenvalue weighted by atomic mass is 10.1. The van der Waals surface area contributed by atoms with E-state index in [-0.39, 0.29) is 11.5 Å². The summed E-state index contributed by atoms with van der Waals surface area (Å²) in [7, 11) is 0. The predicted octanol–water partition coefficient (Wildman–Crippen LogP) is 0.962. The zero-order chi connectivity index (χ0) is 12.5. The molecular weight excluding hydrogens is 230 g/mol. The second-order valence-electron chi connectivity index (χ2n) is 3.76. The van der Waals surface area contributed by atoms with Gasteiger partial charge in [0.25, 0.3) is 5.56 Å². The van der Waals surface area contributed by atoms with Gasteiger partial charge < -0.3 is 10.7 Å². The first-order valence-electron chi connectivity index (χ1n) is 5.30. The quantitative estimate of drug-likeness (QED) is 0.659. The zero-order valence-electron chi connectivity index (χ0n) is 9.29. The SMILES string of the molecule is Nc1nccc(-c2ccc3nc[nH]c(=O)c3c2)n1. The first-order chi connectivity index (χ1) is 8.74. The average molecular weight is 239 g/mol. The Balaban J connectivity index is 2.25. The molecule has 3 rings (SSSR count). The highest BCUT2D eigenvalue weighted by molar-refractivity contribution is 5.82. The summed E-state index contributed by atoms with van der Waals surface area (Å²) in [6.45, 7) is 0. The van der Waals surface area contributed by atoms with Crippen molar-refractivity contribution in [1.82, 2.24) is 19.9 Å². The van der Waals surface area contributed by atoms with Crippen LogP contribution in [0, 0.1) is 0 Å². The number of nitrogens with two attached hydrogens (primary N) is 1. The molecule has 3 N–H and O–H groups in total. The molecule has 0 unspecified atom stereocenters. The predicted molar refractivity (Wildman–Crippen MR) is 67.8 cm³/mol. The molecule has 0 spiro atoms. The lowest BCUT2D eigenvalue weighted by Gasteiger charge is -2.02. The number of H-pyrrole nitrogens is 1. The van der Waals surface area contributed by atoms with Crippen LogP contribution in [0.1, 0.15) is 0 Å². The van der Waals surface area contributed by atoms with Gasteiger partial charge in [-0.1, -0.05) is 6.07 Å². The number of aromatic nitrogens is 4. The second-order valence-corrected chi connectivity index (χ2v) is 3.76. The van der Waals surface area contributed by atoms with Gasteiger partial charge in [-0.3, -0.25) is 4.79 Å². The number of rotatable bonds is 1. The molecular formula is C12H9N5O. The number of hydrogen-bond acceptors (Lipinski definition) is 5. The van der Waals surface area contributed by atoms with Crippen LogP contribution >= 0.6 is 0 Å². The Morgan fingerprint density at radius 1 is 1.17 bits per heavy atom. The van der Waals surface area contributed by atoms with Crippen LogP contribution in [-0.4, -0.2) is 19.9 Å². The summed E-state index contributed by atoms with van der Waals surface area (Å²) in [4.78, 5) is 26.2. The number of aromatic amines is 1. The topological polar surface area (TPSA) is 97.5 Å². The molecule has 18 heavy (non-hydrogen) atoms. The summed E-state index contributed by atoms with van der Waals surface area (Å²) in [6.07, 6.45) is 2.96. The van der Waals surface area contributed by atoms with Crippen molar-refractivity contribution in [3.05, 3.63) is 47.1 Å². The van der Waals surface area contributed by atoms with Crippen molar-refractivity contribution in [2.45, 2.75) is 0 Å². The Kier molecular flexibility index (Phi) is 2.26. The maximum Gasteiger partial charge on any atom is 0.258 e. The normalized spacial score (nSPS) is 10.7. The third-order valence-corrected chi connectivity index (χ3v) is 2.61. The first-order valence-corrected chi connectivity index (χ1v) is 5.30. The number of benzene rings is 1. The monoisotopic (exact) mass is 239 g/mol. The van der Waals surface area contributed by atoms with Crippen LogP contribution < -0.4 is 11.3 Å². The molecule has 2 aromatic heterocycles. The molecule has 0 atom stereocenters.